The second-order valence-electron chi connectivity index (χ2n) is 7.78. The summed E-state index contributed by atoms with van der Waals surface area (Å²) >= 11 is 0. The highest BCUT2D eigenvalue weighted by molar-refractivity contribution is 5.82. The number of hydrogen-bond acceptors (Lipinski definition) is 1. The Kier molecular flexibility index (Phi) is 6.72. The van der Waals surface area contributed by atoms with E-state index >= 15 is 0 Å². The molecule has 0 unspecified atom stereocenters. The molecule has 29 heavy (non-hydrogen) atoms. The molecule has 0 saturated carbocycles. The van der Waals surface area contributed by atoms with E-state index < -0.39 is 0 Å². The van der Waals surface area contributed by atoms with Gasteiger partial charge in [-0.3, -0.25) is 4.90 Å². The number of aryl methyl sites for hydroxylation is 1. The maximum Gasteiger partial charge on any atom is 0.0234 e. The molecule has 4 aromatic rings. The predicted molar refractivity (Wildman–Crippen MR) is 124 cm³/mol. The molecule has 0 aliphatic carbocycles. The van der Waals surface area contributed by atoms with Gasteiger partial charge in [0.15, 0.2) is 0 Å². The number of hydrogen-bond donors (Lipinski definition) is 0. The van der Waals surface area contributed by atoms with Crippen molar-refractivity contribution in [3.63, 3.8) is 0 Å². The first-order valence-corrected chi connectivity index (χ1v) is 10.6. The van der Waals surface area contributed by atoms with Crippen LogP contribution in [0.15, 0.2) is 103 Å². The van der Waals surface area contributed by atoms with Crippen molar-refractivity contribution in [2.75, 3.05) is 13.1 Å². The van der Waals surface area contributed by atoms with E-state index in [-0.39, 0.29) is 0 Å². The van der Waals surface area contributed by atoms with Crippen molar-refractivity contribution >= 4 is 10.8 Å². The van der Waals surface area contributed by atoms with E-state index in [1.54, 1.807) is 0 Å². The highest BCUT2D eigenvalue weighted by atomic mass is 15.1. The smallest absolute Gasteiger partial charge is 0.0234 e. The summed E-state index contributed by atoms with van der Waals surface area (Å²) in [5.74, 6) is 0. The Labute approximate surface area is 174 Å². The zero-order valence-corrected chi connectivity index (χ0v) is 17.0. The van der Waals surface area contributed by atoms with Gasteiger partial charge < -0.3 is 0 Å². The molecule has 0 atom stereocenters. The Morgan fingerprint density at radius 3 is 1.83 bits per heavy atom. The third-order valence-electron chi connectivity index (χ3n) is 5.56. The van der Waals surface area contributed by atoms with Crippen molar-refractivity contribution in [2.24, 2.45) is 0 Å². The highest BCUT2D eigenvalue weighted by Crippen LogP contribution is 2.17. The standard InChI is InChI=1S/C28H29N/c1-3-10-24(11-4-1)14-9-20-29(21-19-25-12-5-2-6-13-25)23-26-17-18-27-15-7-8-16-28(27)22-26/h1-8,10-13,15-18,22H,9,14,19-21,23H2. The maximum atomic E-state index is 2.61. The lowest BCUT2D eigenvalue weighted by Gasteiger charge is -2.23. The fourth-order valence-corrected chi connectivity index (χ4v) is 3.95. The fraction of sp³-hybridized carbons (Fsp3) is 0.214. The van der Waals surface area contributed by atoms with Crippen LogP contribution in [0, 0.1) is 0 Å². The van der Waals surface area contributed by atoms with Crippen LogP contribution in [0.25, 0.3) is 10.8 Å². The molecule has 0 aliphatic rings. The second-order valence-corrected chi connectivity index (χ2v) is 7.78. The molecule has 0 amide bonds. The van der Waals surface area contributed by atoms with Gasteiger partial charge in [-0.15, -0.1) is 0 Å². The summed E-state index contributed by atoms with van der Waals surface area (Å²) in [4.78, 5) is 2.61. The molecule has 146 valence electrons. The zero-order valence-electron chi connectivity index (χ0n) is 17.0. The molecule has 0 aliphatic heterocycles. The van der Waals surface area contributed by atoms with Crippen molar-refractivity contribution in [1.29, 1.82) is 0 Å². The molecule has 4 rings (SSSR count). The lowest BCUT2D eigenvalue weighted by atomic mass is 10.1. The Balaban J connectivity index is 1.42. The van der Waals surface area contributed by atoms with Crippen LogP contribution in [0.5, 0.6) is 0 Å². The van der Waals surface area contributed by atoms with Crippen LogP contribution in [0.4, 0.5) is 0 Å². The summed E-state index contributed by atoms with van der Waals surface area (Å²) in [6.45, 7) is 3.21. The van der Waals surface area contributed by atoms with E-state index in [4.69, 9.17) is 0 Å². The van der Waals surface area contributed by atoms with Crippen molar-refractivity contribution in [2.45, 2.75) is 25.8 Å². The van der Waals surface area contributed by atoms with Gasteiger partial charge in [0.2, 0.25) is 0 Å². The molecule has 0 saturated heterocycles. The molecule has 0 N–H and O–H groups in total. The molecule has 4 aromatic carbocycles. The second kappa shape index (κ2) is 10.0. The van der Waals surface area contributed by atoms with Crippen LogP contribution in [0.3, 0.4) is 0 Å². The quantitative estimate of drug-likeness (QED) is 0.320. The first kappa shape index (κ1) is 19.4. The van der Waals surface area contributed by atoms with Gasteiger partial charge in [0.25, 0.3) is 0 Å². The summed E-state index contributed by atoms with van der Waals surface area (Å²) in [5, 5.41) is 2.65. The monoisotopic (exact) mass is 379 g/mol. The van der Waals surface area contributed by atoms with E-state index in [1.165, 1.54) is 33.9 Å². The number of rotatable bonds is 9. The molecule has 1 nitrogen and oxygen atoms in total. The third-order valence-corrected chi connectivity index (χ3v) is 5.56. The Hall–Kier alpha value is -2.90. The van der Waals surface area contributed by atoms with E-state index in [1.807, 2.05) is 0 Å². The largest absolute Gasteiger partial charge is 0.299 e. The minimum absolute atomic E-state index is 1.01. The molecule has 1 heteroatoms. The van der Waals surface area contributed by atoms with Crippen molar-refractivity contribution in [3.05, 3.63) is 120 Å². The minimum atomic E-state index is 1.01. The summed E-state index contributed by atoms with van der Waals surface area (Å²) in [5.41, 5.74) is 4.25. The van der Waals surface area contributed by atoms with Gasteiger partial charge >= 0.3 is 0 Å². The van der Waals surface area contributed by atoms with E-state index in [0.29, 0.717) is 0 Å². The third kappa shape index (κ3) is 5.79. The molecule has 0 spiro atoms. The summed E-state index contributed by atoms with van der Waals surface area (Å²) in [6, 6.07) is 37.2. The minimum Gasteiger partial charge on any atom is -0.299 e. The van der Waals surface area contributed by atoms with Gasteiger partial charge in [0, 0.05) is 13.1 Å². The van der Waals surface area contributed by atoms with Gasteiger partial charge in [-0.25, -0.2) is 0 Å². The summed E-state index contributed by atoms with van der Waals surface area (Å²) in [7, 11) is 0. The van der Waals surface area contributed by atoms with E-state index in [2.05, 4.69) is 108 Å². The first-order valence-electron chi connectivity index (χ1n) is 10.6. The fourth-order valence-electron chi connectivity index (χ4n) is 3.95. The van der Waals surface area contributed by atoms with Gasteiger partial charge in [-0.1, -0.05) is 97.1 Å². The zero-order chi connectivity index (χ0) is 19.7. The summed E-state index contributed by atoms with van der Waals surface area (Å²) < 4.78 is 0. The predicted octanol–water partition coefficient (Wildman–Crippen LogP) is 6.52. The maximum absolute atomic E-state index is 2.61. The van der Waals surface area contributed by atoms with Gasteiger partial charge in [-0.2, -0.15) is 0 Å². The van der Waals surface area contributed by atoms with Crippen LogP contribution < -0.4 is 0 Å². The highest BCUT2D eigenvalue weighted by Gasteiger charge is 2.08. The average Bonchev–Trinajstić information content (AvgIpc) is 2.79. The lowest BCUT2D eigenvalue weighted by Crippen LogP contribution is -2.27. The Bertz CT molecular complexity index is 1010. The molecule has 0 heterocycles. The van der Waals surface area contributed by atoms with Crippen molar-refractivity contribution in [1.82, 2.24) is 4.90 Å². The van der Waals surface area contributed by atoms with Crippen molar-refractivity contribution in [3.8, 4) is 0 Å². The van der Waals surface area contributed by atoms with Crippen molar-refractivity contribution < 1.29 is 0 Å². The Morgan fingerprint density at radius 2 is 1.10 bits per heavy atom. The molecule has 0 aromatic heterocycles. The van der Waals surface area contributed by atoms with Crippen LogP contribution >= 0.6 is 0 Å². The SMILES string of the molecule is c1ccc(CCCN(CCc2ccccc2)Cc2ccc3ccccc3c2)cc1. The summed E-state index contributed by atoms with van der Waals surface area (Å²) in [6.07, 6.45) is 3.42. The first-order chi connectivity index (χ1) is 14.4. The van der Waals surface area contributed by atoms with Gasteiger partial charge in [-0.05, 0) is 59.3 Å². The Morgan fingerprint density at radius 1 is 0.483 bits per heavy atom. The molecule has 0 radical (unpaired) electrons. The van der Waals surface area contributed by atoms with E-state index in [9.17, 15) is 0 Å². The molecule has 0 fully saturated rings. The molecular weight excluding hydrogens is 350 g/mol. The number of benzene rings is 4. The normalized spacial score (nSPS) is 11.2. The van der Waals surface area contributed by atoms with Crippen LogP contribution in [-0.4, -0.2) is 18.0 Å². The van der Waals surface area contributed by atoms with Crippen LogP contribution in [-0.2, 0) is 19.4 Å². The molecular formula is C28H29N. The molecule has 0 bridgehead atoms. The van der Waals surface area contributed by atoms with Crippen LogP contribution in [0.1, 0.15) is 23.1 Å². The number of fused-ring (bicyclic) bond motifs is 1. The van der Waals surface area contributed by atoms with E-state index in [0.717, 1.165) is 32.5 Å². The van der Waals surface area contributed by atoms with Gasteiger partial charge in [0.1, 0.15) is 0 Å². The van der Waals surface area contributed by atoms with Gasteiger partial charge in [0.05, 0.1) is 0 Å². The lowest BCUT2D eigenvalue weighted by molar-refractivity contribution is 0.265. The average molecular weight is 380 g/mol. The number of nitrogens with zero attached hydrogens (tertiary/aromatic N) is 1. The van der Waals surface area contributed by atoms with Crippen LogP contribution in [0.2, 0.25) is 0 Å². The topological polar surface area (TPSA) is 3.24 Å².